The molecule has 0 unspecified atom stereocenters. The molecular weight excluding hydrogens is 671 g/mol. The average molecular weight is 710 g/mol. The molecule has 0 fully saturated rings. The van der Waals surface area contributed by atoms with Gasteiger partial charge in [-0.2, -0.15) is 0 Å². The number of hydrogen-bond acceptors (Lipinski definition) is 2. The molecule has 2 aliphatic rings. The fourth-order valence-electron chi connectivity index (χ4n) is 9.75. The van der Waals surface area contributed by atoms with Gasteiger partial charge in [0.05, 0.1) is 0 Å². The SMILES string of the molecule is CC1(C)c2ccccc2-c2cc(N(c3ccc(-c4c5ccccc5cc5sc6ccccc6c45)cc3)c3ccc4c(c3)C(C)(C)c3ccccc3-4)ccc21. The van der Waals surface area contributed by atoms with Gasteiger partial charge in [-0.15, -0.1) is 11.3 Å². The van der Waals surface area contributed by atoms with Gasteiger partial charge in [0.15, 0.2) is 0 Å². The van der Waals surface area contributed by atoms with Crippen LogP contribution in [-0.2, 0) is 10.8 Å². The molecular formula is C52H39NS. The standard InChI is InChI=1S/C52H39NS/c1-51(2)44-19-11-8-16-39(44)42-30-35(26-28-45(42)51)53(36-25-27-40-38-15-7-10-18-43(38)52(3,4)46(40)31-36)34-23-21-32(22-24-34)49-37-14-6-5-13-33(37)29-48-50(49)41-17-9-12-20-47(41)54-48/h5-31H,1-4H3. The van der Waals surface area contributed by atoms with E-state index >= 15 is 0 Å². The summed E-state index contributed by atoms with van der Waals surface area (Å²) >= 11 is 1.89. The van der Waals surface area contributed by atoms with E-state index in [1.807, 2.05) is 11.3 Å². The van der Waals surface area contributed by atoms with Crippen LogP contribution in [0.15, 0.2) is 164 Å². The molecule has 9 aromatic rings. The number of nitrogens with zero attached hydrogens (tertiary/aromatic N) is 1. The third kappa shape index (κ3) is 4.38. The highest BCUT2D eigenvalue weighted by Crippen LogP contribution is 2.53. The fourth-order valence-corrected chi connectivity index (χ4v) is 10.9. The highest BCUT2D eigenvalue weighted by atomic mass is 32.1. The Labute approximate surface area is 320 Å². The van der Waals surface area contributed by atoms with E-state index in [-0.39, 0.29) is 10.8 Å². The molecule has 0 saturated heterocycles. The van der Waals surface area contributed by atoms with Crippen LogP contribution in [0.2, 0.25) is 0 Å². The summed E-state index contributed by atoms with van der Waals surface area (Å²) in [5, 5.41) is 5.24. The maximum absolute atomic E-state index is 2.47. The van der Waals surface area contributed by atoms with E-state index in [0.717, 1.165) is 5.69 Å². The first-order valence-corrected chi connectivity index (χ1v) is 19.8. The molecule has 0 bridgehead atoms. The highest BCUT2D eigenvalue weighted by Gasteiger charge is 2.37. The number of anilines is 3. The minimum atomic E-state index is -0.0958. The number of benzene rings is 8. The first-order chi connectivity index (χ1) is 26.3. The Hall–Kier alpha value is -5.96. The normalized spacial score (nSPS) is 14.6. The summed E-state index contributed by atoms with van der Waals surface area (Å²) in [6, 6.07) is 61.5. The predicted molar refractivity (Wildman–Crippen MR) is 232 cm³/mol. The number of thiophene rings is 1. The van der Waals surface area contributed by atoms with Gasteiger partial charge in [-0.3, -0.25) is 0 Å². The second-order valence-electron chi connectivity index (χ2n) is 16.1. The Bertz CT molecular complexity index is 3000. The van der Waals surface area contributed by atoms with Crippen LogP contribution in [-0.4, -0.2) is 0 Å². The van der Waals surface area contributed by atoms with E-state index < -0.39 is 0 Å². The molecule has 0 radical (unpaired) electrons. The zero-order valence-corrected chi connectivity index (χ0v) is 31.8. The number of hydrogen-bond donors (Lipinski definition) is 0. The van der Waals surface area contributed by atoms with Crippen molar-refractivity contribution >= 4 is 59.3 Å². The molecule has 1 nitrogen and oxygen atoms in total. The van der Waals surface area contributed by atoms with Crippen molar-refractivity contribution in [3.63, 3.8) is 0 Å². The lowest BCUT2D eigenvalue weighted by molar-refractivity contribution is 0.660. The number of fused-ring (bicyclic) bond motifs is 10. The van der Waals surface area contributed by atoms with Gasteiger partial charge in [0.25, 0.3) is 0 Å². The lowest BCUT2D eigenvalue weighted by Gasteiger charge is -2.29. The van der Waals surface area contributed by atoms with Crippen LogP contribution in [0, 0.1) is 0 Å². The van der Waals surface area contributed by atoms with Crippen molar-refractivity contribution in [2.24, 2.45) is 0 Å². The van der Waals surface area contributed by atoms with Crippen molar-refractivity contribution in [3.05, 3.63) is 186 Å². The van der Waals surface area contributed by atoms with Crippen molar-refractivity contribution < 1.29 is 0 Å². The topological polar surface area (TPSA) is 3.24 Å². The van der Waals surface area contributed by atoms with Crippen LogP contribution in [0.4, 0.5) is 17.1 Å². The van der Waals surface area contributed by atoms with Gasteiger partial charge in [0.1, 0.15) is 0 Å². The maximum atomic E-state index is 2.47. The maximum Gasteiger partial charge on any atom is 0.0468 e. The van der Waals surface area contributed by atoms with Crippen molar-refractivity contribution in [3.8, 4) is 33.4 Å². The summed E-state index contributed by atoms with van der Waals surface area (Å²) in [6.07, 6.45) is 0. The van der Waals surface area contributed by atoms with E-state index in [0.29, 0.717) is 0 Å². The Morgan fingerprint density at radius 1 is 0.407 bits per heavy atom. The van der Waals surface area contributed by atoms with Crippen LogP contribution in [0.25, 0.3) is 64.3 Å². The third-order valence-corrected chi connectivity index (χ3v) is 13.6. The smallest absolute Gasteiger partial charge is 0.0468 e. The molecule has 2 heteroatoms. The van der Waals surface area contributed by atoms with Crippen molar-refractivity contribution in [1.29, 1.82) is 0 Å². The third-order valence-electron chi connectivity index (χ3n) is 12.5. The first kappa shape index (κ1) is 31.6. The van der Waals surface area contributed by atoms with Crippen molar-refractivity contribution in [2.45, 2.75) is 38.5 Å². The minimum absolute atomic E-state index is 0.0457. The number of rotatable bonds is 4. The van der Waals surface area contributed by atoms with Crippen LogP contribution < -0.4 is 4.90 Å². The molecule has 8 aromatic carbocycles. The lowest BCUT2D eigenvalue weighted by Crippen LogP contribution is -2.17. The van der Waals surface area contributed by atoms with Gasteiger partial charge in [0, 0.05) is 48.1 Å². The zero-order chi connectivity index (χ0) is 36.3. The van der Waals surface area contributed by atoms with Crippen LogP contribution in [0.1, 0.15) is 49.9 Å². The molecule has 0 spiro atoms. The molecule has 1 heterocycles. The van der Waals surface area contributed by atoms with Gasteiger partial charge in [-0.25, -0.2) is 0 Å². The molecule has 0 N–H and O–H groups in total. The molecule has 11 rings (SSSR count). The molecule has 2 aliphatic carbocycles. The van der Waals surface area contributed by atoms with E-state index in [9.17, 15) is 0 Å². The average Bonchev–Trinajstić information content (AvgIpc) is 3.77. The van der Waals surface area contributed by atoms with E-state index in [4.69, 9.17) is 0 Å². The van der Waals surface area contributed by atoms with Crippen LogP contribution in [0.5, 0.6) is 0 Å². The Kier molecular flexibility index (Phi) is 6.59. The zero-order valence-electron chi connectivity index (χ0n) is 30.9. The summed E-state index contributed by atoms with van der Waals surface area (Å²) in [7, 11) is 0. The molecule has 0 amide bonds. The Balaban J connectivity index is 1.11. The molecule has 258 valence electrons. The largest absolute Gasteiger partial charge is 0.310 e. The van der Waals surface area contributed by atoms with Crippen LogP contribution in [0.3, 0.4) is 0 Å². The molecule has 0 atom stereocenters. The summed E-state index contributed by atoms with van der Waals surface area (Å²) < 4.78 is 2.66. The quantitative estimate of drug-likeness (QED) is 0.176. The van der Waals surface area contributed by atoms with Crippen LogP contribution >= 0.6 is 11.3 Å². The molecule has 0 saturated carbocycles. The lowest BCUT2D eigenvalue weighted by atomic mass is 9.82. The summed E-state index contributed by atoms with van der Waals surface area (Å²) in [4.78, 5) is 2.47. The molecule has 1 aromatic heterocycles. The fraction of sp³-hybridized carbons (Fsp3) is 0.115. The second-order valence-corrected chi connectivity index (χ2v) is 17.2. The Morgan fingerprint density at radius 3 is 1.74 bits per heavy atom. The van der Waals surface area contributed by atoms with Crippen molar-refractivity contribution in [1.82, 2.24) is 0 Å². The van der Waals surface area contributed by atoms with Gasteiger partial charge in [0.2, 0.25) is 0 Å². The minimum Gasteiger partial charge on any atom is -0.310 e. The Morgan fingerprint density at radius 2 is 0.963 bits per heavy atom. The summed E-state index contributed by atoms with van der Waals surface area (Å²) in [5.74, 6) is 0. The van der Waals surface area contributed by atoms with Gasteiger partial charge >= 0.3 is 0 Å². The van der Waals surface area contributed by atoms with E-state index in [1.165, 1.54) is 98.0 Å². The predicted octanol–water partition coefficient (Wildman–Crippen LogP) is 15.0. The molecule has 54 heavy (non-hydrogen) atoms. The summed E-state index contributed by atoms with van der Waals surface area (Å²) in [6.45, 7) is 9.45. The van der Waals surface area contributed by atoms with E-state index in [2.05, 4.69) is 196 Å². The molecule has 0 aliphatic heterocycles. The highest BCUT2D eigenvalue weighted by molar-refractivity contribution is 7.26. The first-order valence-electron chi connectivity index (χ1n) is 19.0. The van der Waals surface area contributed by atoms with Gasteiger partial charge in [-0.05, 0) is 115 Å². The van der Waals surface area contributed by atoms with Gasteiger partial charge in [-0.1, -0.05) is 143 Å². The van der Waals surface area contributed by atoms with Gasteiger partial charge < -0.3 is 4.90 Å². The van der Waals surface area contributed by atoms with Crippen molar-refractivity contribution in [2.75, 3.05) is 4.90 Å². The summed E-state index contributed by atoms with van der Waals surface area (Å²) in [5.41, 5.74) is 16.8. The monoisotopic (exact) mass is 709 g/mol. The van der Waals surface area contributed by atoms with E-state index in [1.54, 1.807) is 0 Å². The second kappa shape index (κ2) is 11.3.